The third-order valence-corrected chi connectivity index (χ3v) is 3.84. The molecule has 0 bridgehead atoms. The summed E-state index contributed by atoms with van der Waals surface area (Å²) in [4.78, 5) is 5.20. The average molecular weight is 441 g/mol. The monoisotopic (exact) mass is 440 g/mol. The maximum absolute atomic E-state index is 13.9. The number of benzene rings is 1. The number of ether oxygens (including phenoxy) is 2. The topological polar surface area (TPSA) is 44.2 Å². The van der Waals surface area contributed by atoms with Gasteiger partial charge in [-0.05, 0) is 12.1 Å². The molecule has 2 heterocycles. The highest BCUT2D eigenvalue weighted by Crippen LogP contribution is 2.41. The maximum Gasteiger partial charge on any atom is 0.255 e. The number of halogens is 8. The number of para-hydroxylation sites is 2. The Labute approximate surface area is 162 Å². The molecule has 0 unspecified atom stereocenters. The first-order valence-corrected chi connectivity index (χ1v) is 7.81. The molecular formula is C16H4Cl2F6N2O2. The lowest BCUT2D eigenvalue weighted by Crippen LogP contribution is -2.02. The van der Waals surface area contributed by atoms with Crippen LogP contribution in [-0.4, -0.2) is 9.97 Å². The van der Waals surface area contributed by atoms with Gasteiger partial charge in [0.1, 0.15) is 10.0 Å². The fraction of sp³-hybridized carbons (Fsp3) is 0. The molecule has 3 aromatic rings. The first-order chi connectivity index (χ1) is 13.2. The van der Waals surface area contributed by atoms with E-state index in [9.17, 15) is 26.3 Å². The van der Waals surface area contributed by atoms with Gasteiger partial charge in [0.2, 0.25) is 23.5 Å². The lowest BCUT2D eigenvalue weighted by molar-refractivity contribution is 0.357. The van der Waals surface area contributed by atoms with Crippen molar-refractivity contribution in [2.45, 2.75) is 0 Å². The third-order valence-electron chi connectivity index (χ3n) is 3.19. The van der Waals surface area contributed by atoms with E-state index in [1.165, 1.54) is 12.1 Å². The van der Waals surface area contributed by atoms with Gasteiger partial charge in [-0.1, -0.05) is 35.3 Å². The van der Waals surface area contributed by atoms with Crippen LogP contribution in [0.25, 0.3) is 0 Å². The van der Waals surface area contributed by atoms with Crippen molar-refractivity contribution in [3.8, 4) is 23.0 Å². The minimum atomic E-state index is -1.83. The van der Waals surface area contributed by atoms with Crippen molar-refractivity contribution in [2.75, 3.05) is 0 Å². The number of rotatable bonds is 4. The van der Waals surface area contributed by atoms with Crippen LogP contribution in [0.15, 0.2) is 24.3 Å². The van der Waals surface area contributed by atoms with Crippen molar-refractivity contribution < 1.29 is 35.8 Å². The number of aromatic nitrogens is 2. The fourth-order valence-corrected chi connectivity index (χ4v) is 2.28. The van der Waals surface area contributed by atoms with E-state index >= 15 is 0 Å². The van der Waals surface area contributed by atoms with Crippen LogP contribution in [0.3, 0.4) is 0 Å². The van der Waals surface area contributed by atoms with Crippen molar-refractivity contribution >= 4 is 23.2 Å². The van der Waals surface area contributed by atoms with Gasteiger partial charge in [0.25, 0.3) is 11.9 Å². The molecule has 3 rings (SSSR count). The molecule has 0 amide bonds. The predicted molar refractivity (Wildman–Crippen MR) is 84.8 cm³/mol. The van der Waals surface area contributed by atoms with Gasteiger partial charge in [-0.15, -0.1) is 0 Å². The molecule has 0 aliphatic heterocycles. The smallest absolute Gasteiger partial charge is 0.255 e. The molecule has 2 aromatic heterocycles. The van der Waals surface area contributed by atoms with Crippen LogP contribution >= 0.6 is 23.2 Å². The average Bonchev–Trinajstić information content (AvgIpc) is 2.66. The molecule has 12 heteroatoms. The van der Waals surface area contributed by atoms with Gasteiger partial charge >= 0.3 is 0 Å². The maximum atomic E-state index is 13.9. The zero-order chi connectivity index (χ0) is 20.6. The summed E-state index contributed by atoms with van der Waals surface area (Å²) in [6, 6.07) is 4.88. The SMILES string of the molecule is Fc1nc(F)c(Cl)c(Oc2ccccc2Oc2c(F)c(F)nc(F)c2Cl)c1F. The molecule has 1 aromatic carbocycles. The van der Waals surface area contributed by atoms with Crippen molar-refractivity contribution in [2.24, 2.45) is 0 Å². The third kappa shape index (κ3) is 3.65. The predicted octanol–water partition coefficient (Wildman–Crippen LogP) is 6.20. The second-order valence-corrected chi connectivity index (χ2v) is 5.71. The summed E-state index contributed by atoms with van der Waals surface area (Å²) < 4.78 is 91.3. The molecule has 0 N–H and O–H groups in total. The molecular weight excluding hydrogens is 437 g/mol. The summed E-state index contributed by atoms with van der Waals surface area (Å²) >= 11 is 11.1. The Morgan fingerprint density at radius 1 is 0.607 bits per heavy atom. The quantitative estimate of drug-likeness (QED) is 0.357. The van der Waals surface area contributed by atoms with Gasteiger partial charge in [-0.3, -0.25) is 0 Å². The van der Waals surface area contributed by atoms with Crippen molar-refractivity contribution in [3.05, 3.63) is 69.7 Å². The minimum Gasteiger partial charge on any atom is -0.448 e. The summed E-state index contributed by atoms with van der Waals surface area (Å²) in [5.74, 6) is -13.3. The van der Waals surface area contributed by atoms with E-state index < -0.39 is 68.5 Å². The minimum absolute atomic E-state index is 0.443. The van der Waals surface area contributed by atoms with Crippen LogP contribution in [0.5, 0.6) is 23.0 Å². The molecule has 0 fully saturated rings. The van der Waals surface area contributed by atoms with Gasteiger partial charge < -0.3 is 9.47 Å². The Morgan fingerprint density at radius 2 is 0.964 bits per heavy atom. The van der Waals surface area contributed by atoms with E-state index in [1.807, 2.05) is 0 Å². The standard InChI is InChI=1S/C16H4Cl2F6N2O2/c17-7-11(9(19)15(23)25-13(7)21)27-5-3-1-2-4-6(5)28-12-8(18)14(22)26-16(24)10(12)20/h1-4H. The Morgan fingerprint density at radius 3 is 1.32 bits per heavy atom. The zero-order valence-corrected chi connectivity index (χ0v) is 14.6. The van der Waals surface area contributed by atoms with E-state index in [2.05, 4.69) is 9.97 Å². The summed E-state index contributed by atoms with van der Waals surface area (Å²) in [6.07, 6.45) is 0. The molecule has 0 saturated heterocycles. The second kappa shape index (κ2) is 7.72. The Hall–Kier alpha value is -2.72. The summed E-state index contributed by atoms with van der Waals surface area (Å²) in [7, 11) is 0. The van der Waals surface area contributed by atoms with E-state index in [4.69, 9.17) is 32.7 Å². The molecule has 0 spiro atoms. The molecule has 4 nitrogen and oxygen atoms in total. The first kappa shape index (κ1) is 20.0. The van der Waals surface area contributed by atoms with E-state index in [0.29, 0.717) is 0 Å². The van der Waals surface area contributed by atoms with Gasteiger partial charge in [-0.2, -0.15) is 36.3 Å². The van der Waals surface area contributed by atoms with Gasteiger partial charge in [0.05, 0.1) is 0 Å². The molecule has 0 aliphatic carbocycles. The highest BCUT2D eigenvalue weighted by molar-refractivity contribution is 6.32. The van der Waals surface area contributed by atoms with E-state index in [1.54, 1.807) is 0 Å². The molecule has 0 atom stereocenters. The van der Waals surface area contributed by atoms with Gasteiger partial charge in [0, 0.05) is 0 Å². The van der Waals surface area contributed by atoms with Crippen LogP contribution in [-0.2, 0) is 0 Å². The molecule has 0 aliphatic rings. The van der Waals surface area contributed by atoms with Crippen molar-refractivity contribution in [1.82, 2.24) is 9.97 Å². The second-order valence-electron chi connectivity index (χ2n) is 4.95. The summed E-state index contributed by atoms with van der Waals surface area (Å²) in [6.45, 7) is 0. The van der Waals surface area contributed by atoms with Gasteiger partial charge in [0.15, 0.2) is 23.0 Å². The van der Waals surface area contributed by atoms with Crippen molar-refractivity contribution in [1.29, 1.82) is 0 Å². The van der Waals surface area contributed by atoms with E-state index in [-0.39, 0.29) is 0 Å². The lowest BCUT2D eigenvalue weighted by Gasteiger charge is -2.14. The van der Waals surface area contributed by atoms with Crippen LogP contribution < -0.4 is 9.47 Å². The summed E-state index contributed by atoms with van der Waals surface area (Å²) in [5.41, 5.74) is 0. The molecule has 0 radical (unpaired) electrons. The fourth-order valence-electron chi connectivity index (χ4n) is 1.95. The van der Waals surface area contributed by atoms with Gasteiger partial charge in [-0.25, -0.2) is 0 Å². The number of nitrogens with zero attached hydrogens (tertiary/aromatic N) is 2. The number of pyridine rings is 2. The molecule has 146 valence electrons. The van der Waals surface area contributed by atoms with Crippen LogP contribution in [0.2, 0.25) is 10.0 Å². The molecule has 0 saturated carbocycles. The highest BCUT2D eigenvalue weighted by Gasteiger charge is 2.25. The number of hydrogen-bond acceptors (Lipinski definition) is 4. The first-order valence-electron chi connectivity index (χ1n) is 7.05. The Balaban J connectivity index is 2.06. The number of hydrogen-bond donors (Lipinski definition) is 0. The van der Waals surface area contributed by atoms with Crippen LogP contribution in [0.1, 0.15) is 0 Å². The lowest BCUT2D eigenvalue weighted by atomic mass is 10.3. The Bertz CT molecular complexity index is 947. The normalized spacial score (nSPS) is 10.9. The molecule has 28 heavy (non-hydrogen) atoms. The van der Waals surface area contributed by atoms with E-state index in [0.717, 1.165) is 12.1 Å². The largest absolute Gasteiger partial charge is 0.448 e. The van der Waals surface area contributed by atoms with Crippen LogP contribution in [0, 0.1) is 35.4 Å². The Kier molecular flexibility index (Phi) is 5.52. The van der Waals surface area contributed by atoms with Crippen LogP contribution in [0.4, 0.5) is 26.3 Å². The zero-order valence-electron chi connectivity index (χ0n) is 13.0. The summed E-state index contributed by atoms with van der Waals surface area (Å²) in [5, 5.41) is -1.97. The highest BCUT2D eigenvalue weighted by atomic mass is 35.5. The van der Waals surface area contributed by atoms with Crippen molar-refractivity contribution in [3.63, 3.8) is 0 Å².